The number of thioether (sulfide) groups is 1. The SMILES string of the molecule is CCc1ccc2c(c1)sc(=NC(=O)C1CCCN1S(=O)(=O)c1cccs1)n2CCSC. The summed E-state index contributed by atoms with van der Waals surface area (Å²) < 4.78 is 30.8. The lowest BCUT2D eigenvalue weighted by atomic mass is 10.2. The molecule has 1 unspecified atom stereocenters. The van der Waals surface area contributed by atoms with Crippen LogP contribution in [0.5, 0.6) is 0 Å². The zero-order valence-corrected chi connectivity index (χ0v) is 20.7. The van der Waals surface area contributed by atoms with Crippen molar-refractivity contribution in [3.05, 3.63) is 46.1 Å². The molecule has 1 saturated heterocycles. The average molecular weight is 496 g/mol. The molecule has 166 valence electrons. The zero-order valence-electron chi connectivity index (χ0n) is 17.5. The van der Waals surface area contributed by atoms with Crippen molar-refractivity contribution in [3.8, 4) is 0 Å². The van der Waals surface area contributed by atoms with E-state index in [0.717, 1.165) is 28.9 Å². The predicted molar refractivity (Wildman–Crippen MR) is 129 cm³/mol. The molecule has 3 heterocycles. The number of hydrogen-bond acceptors (Lipinski definition) is 6. The van der Waals surface area contributed by atoms with Crippen LogP contribution in [0.4, 0.5) is 0 Å². The summed E-state index contributed by atoms with van der Waals surface area (Å²) in [6, 6.07) is 8.93. The van der Waals surface area contributed by atoms with Crippen molar-refractivity contribution >= 4 is 60.6 Å². The standard InChI is InChI=1S/C21H25N3O3S4/c1-3-15-8-9-16-18(14-15)30-21(23(16)11-13-28-2)22-20(25)17-6-4-10-24(17)31(26,27)19-7-5-12-29-19/h5,7-9,12,14,17H,3-4,6,10-11,13H2,1-2H3. The van der Waals surface area contributed by atoms with E-state index in [0.29, 0.717) is 24.2 Å². The molecule has 0 saturated carbocycles. The van der Waals surface area contributed by atoms with Gasteiger partial charge in [0, 0.05) is 18.8 Å². The van der Waals surface area contributed by atoms with Gasteiger partial charge in [0.25, 0.3) is 15.9 Å². The first-order valence-corrected chi connectivity index (χ1v) is 14.7. The number of thiophene rings is 1. The molecule has 0 N–H and O–H groups in total. The molecule has 0 spiro atoms. The number of aromatic nitrogens is 1. The first-order valence-electron chi connectivity index (χ1n) is 10.2. The van der Waals surface area contributed by atoms with Gasteiger partial charge in [-0.3, -0.25) is 4.79 Å². The van der Waals surface area contributed by atoms with Gasteiger partial charge in [-0.15, -0.1) is 11.3 Å². The van der Waals surface area contributed by atoms with Crippen LogP contribution >= 0.6 is 34.4 Å². The van der Waals surface area contributed by atoms with E-state index in [1.54, 1.807) is 29.3 Å². The summed E-state index contributed by atoms with van der Waals surface area (Å²) in [6.07, 6.45) is 4.16. The molecule has 0 aliphatic carbocycles. The molecule has 0 radical (unpaired) electrons. The second-order valence-electron chi connectivity index (χ2n) is 7.34. The minimum Gasteiger partial charge on any atom is -0.316 e. The minimum atomic E-state index is -3.68. The number of carbonyl (C=O) groups is 1. The monoisotopic (exact) mass is 495 g/mol. The lowest BCUT2D eigenvalue weighted by molar-refractivity contribution is -0.121. The van der Waals surface area contributed by atoms with Gasteiger partial charge in [-0.1, -0.05) is 30.4 Å². The number of rotatable bonds is 7. The Hall–Kier alpha value is -1.46. The third-order valence-corrected chi connectivity index (χ3v) is 10.3. The predicted octanol–water partition coefficient (Wildman–Crippen LogP) is 3.97. The molecule has 2 aromatic heterocycles. The van der Waals surface area contributed by atoms with Crippen molar-refractivity contribution < 1.29 is 13.2 Å². The van der Waals surface area contributed by atoms with Gasteiger partial charge in [-0.25, -0.2) is 8.42 Å². The molecular weight excluding hydrogens is 471 g/mol. The Morgan fingerprint density at radius 2 is 2.16 bits per heavy atom. The lowest BCUT2D eigenvalue weighted by Crippen LogP contribution is -2.40. The number of amides is 1. The summed E-state index contributed by atoms with van der Waals surface area (Å²) >= 11 is 4.42. The van der Waals surface area contributed by atoms with Crippen LogP contribution in [-0.2, 0) is 27.8 Å². The summed E-state index contributed by atoms with van der Waals surface area (Å²) in [4.78, 5) is 18.3. The van der Waals surface area contributed by atoms with Crippen LogP contribution in [0.3, 0.4) is 0 Å². The fourth-order valence-corrected chi connectivity index (χ4v) is 8.05. The van der Waals surface area contributed by atoms with E-state index in [4.69, 9.17) is 0 Å². The molecule has 4 rings (SSSR count). The molecule has 1 fully saturated rings. The summed E-state index contributed by atoms with van der Waals surface area (Å²) in [5.41, 5.74) is 2.31. The highest BCUT2D eigenvalue weighted by atomic mass is 32.2. The molecular formula is C21H25N3O3S4. The lowest BCUT2D eigenvalue weighted by Gasteiger charge is -2.20. The van der Waals surface area contributed by atoms with Crippen LogP contribution in [-0.4, -0.2) is 47.8 Å². The number of benzene rings is 1. The molecule has 1 aromatic carbocycles. The highest BCUT2D eigenvalue weighted by Gasteiger charge is 2.39. The average Bonchev–Trinajstić information content (AvgIpc) is 3.51. The third-order valence-electron chi connectivity index (χ3n) is 5.43. The maximum atomic E-state index is 13.2. The van der Waals surface area contributed by atoms with Crippen LogP contribution in [0.15, 0.2) is 44.9 Å². The Bertz CT molecular complexity index is 1240. The fourth-order valence-electron chi connectivity index (χ4n) is 3.79. The Labute approximate surface area is 194 Å². The number of sulfonamides is 1. The van der Waals surface area contributed by atoms with E-state index in [-0.39, 0.29) is 10.1 Å². The highest BCUT2D eigenvalue weighted by Crippen LogP contribution is 2.29. The van der Waals surface area contributed by atoms with E-state index in [2.05, 4.69) is 40.9 Å². The van der Waals surface area contributed by atoms with Gasteiger partial charge in [0.2, 0.25) is 0 Å². The molecule has 31 heavy (non-hydrogen) atoms. The first kappa shape index (κ1) is 22.7. The second kappa shape index (κ2) is 9.58. The molecule has 1 aliphatic rings. The van der Waals surface area contributed by atoms with Crippen molar-refractivity contribution in [3.63, 3.8) is 0 Å². The molecule has 3 aromatic rings. The Morgan fingerprint density at radius 1 is 1.32 bits per heavy atom. The number of aryl methyl sites for hydroxylation is 2. The topological polar surface area (TPSA) is 71.7 Å². The van der Waals surface area contributed by atoms with Gasteiger partial charge in [0.1, 0.15) is 10.3 Å². The summed E-state index contributed by atoms with van der Waals surface area (Å²) in [5, 5.41) is 1.74. The molecule has 1 aliphatic heterocycles. The summed E-state index contributed by atoms with van der Waals surface area (Å²) in [5.74, 6) is 0.531. The van der Waals surface area contributed by atoms with Crippen LogP contribution in [0.25, 0.3) is 10.2 Å². The zero-order chi connectivity index (χ0) is 22.0. The van der Waals surface area contributed by atoms with Gasteiger partial charge in [-0.05, 0) is 54.7 Å². The van der Waals surface area contributed by atoms with E-state index in [1.807, 2.05) is 0 Å². The first-order chi connectivity index (χ1) is 15.0. The maximum Gasteiger partial charge on any atom is 0.266 e. The van der Waals surface area contributed by atoms with Gasteiger partial charge in [0.15, 0.2) is 4.80 Å². The smallest absolute Gasteiger partial charge is 0.266 e. The quantitative estimate of drug-likeness (QED) is 0.497. The van der Waals surface area contributed by atoms with Gasteiger partial charge < -0.3 is 4.57 Å². The Balaban J connectivity index is 1.72. The van der Waals surface area contributed by atoms with Gasteiger partial charge in [-0.2, -0.15) is 21.1 Å². The second-order valence-corrected chi connectivity index (χ2v) is 12.4. The molecule has 1 amide bonds. The minimum absolute atomic E-state index is 0.274. The van der Waals surface area contributed by atoms with E-state index >= 15 is 0 Å². The van der Waals surface area contributed by atoms with Crippen LogP contribution < -0.4 is 4.80 Å². The normalized spacial score (nSPS) is 18.3. The van der Waals surface area contributed by atoms with E-state index in [1.165, 1.54) is 32.5 Å². The van der Waals surface area contributed by atoms with Crippen molar-refractivity contribution in [1.82, 2.24) is 8.87 Å². The van der Waals surface area contributed by atoms with Crippen LogP contribution in [0, 0.1) is 0 Å². The Kier molecular flexibility index (Phi) is 7.02. The van der Waals surface area contributed by atoms with Crippen molar-refractivity contribution in [2.45, 2.75) is 43.0 Å². The summed E-state index contributed by atoms with van der Waals surface area (Å²) in [7, 11) is -3.68. The van der Waals surface area contributed by atoms with Crippen molar-refractivity contribution in [2.24, 2.45) is 4.99 Å². The van der Waals surface area contributed by atoms with Crippen molar-refractivity contribution in [2.75, 3.05) is 18.6 Å². The summed E-state index contributed by atoms with van der Waals surface area (Å²) in [6.45, 7) is 3.22. The van der Waals surface area contributed by atoms with Crippen LogP contribution in [0.1, 0.15) is 25.3 Å². The number of carbonyl (C=O) groups excluding carboxylic acids is 1. The number of nitrogens with zero attached hydrogens (tertiary/aromatic N) is 3. The Morgan fingerprint density at radius 3 is 2.87 bits per heavy atom. The maximum absolute atomic E-state index is 13.2. The van der Waals surface area contributed by atoms with Crippen LogP contribution in [0.2, 0.25) is 0 Å². The molecule has 1 atom stereocenters. The van der Waals surface area contributed by atoms with Crippen molar-refractivity contribution in [1.29, 1.82) is 0 Å². The number of hydrogen-bond donors (Lipinski definition) is 0. The molecule has 6 nitrogen and oxygen atoms in total. The molecule has 0 bridgehead atoms. The number of thiazole rings is 1. The van der Waals surface area contributed by atoms with Gasteiger partial charge >= 0.3 is 0 Å². The fraction of sp³-hybridized carbons (Fsp3) is 0.429. The third kappa shape index (κ3) is 4.54. The molecule has 10 heteroatoms. The van der Waals surface area contributed by atoms with Gasteiger partial charge in [0.05, 0.1) is 10.2 Å². The highest BCUT2D eigenvalue weighted by molar-refractivity contribution is 7.98. The van der Waals surface area contributed by atoms with E-state index in [9.17, 15) is 13.2 Å². The van der Waals surface area contributed by atoms with E-state index < -0.39 is 16.1 Å². The number of fused-ring (bicyclic) bond motifs is 1. The largest absolute Gasteiger partial charge is 0.316 e.